The second-order valence-corrected chi connectivity index (χ2v) is 7.19. The Hall–Kier alpha value is -4.21. The Kier molecular flexibility index (Phi) is 7.96. The molecule has 0 aromatic heterocycles. The van der Waals surface area contributed by atoms with Crippen molar-refractivity contribution in [3.63, 3.8) is 0 Å². The summed E-state index contributed by atoms with van der Waals surface area (Å²) < 4.78 is 27.2. The Morgan fingerprint density at radius 2 is 1.76 bits per heavy atom. The number of ketones is 1. The summed E-state index contributed by atoms with van der Waals surface area (Å²) in [6, 6.07) is 8.05. The van der Waals surface area contributed by atoms with Crippen molar-refractivity contribution < 1.29 is 43.2 Å². The van der Waals surface area contributed by atoms with Crippen molar-refractivity contribution in [2.45, 2.75) is 12.8 Å². The minimum atomic E-state index is -0.920. The highest BCUT2D eigenvalue weighted by molar-refractivity contribution is 6.14. The van der Waals surface area contributed by atoms with E-state index in [1.54, 1.807) is 30.3 Å². The number of benzene rings is 2. The second-order valence-electron chi connectivity index (χ2n) is 7.19. The number of carboxylic acids is 1. The van der Waals surface area contributed by atoms with E-state index in [-0.39, 0.29) is 37.0 Å². The maximum absolute atomic E-state index is 12.8. The molecule has 0 bridgehead atoms. The van der Waals surface area contributed by atoms with Gasteiger partial charge in [0, 0.05) is 19.0 Å². The van der Waals surface area contributed by atoms with E-state index in [2.05, 4.69) is 5.32 Å². The molecule has 0 spiro atoms. The molecule has 1 amide bonds. The molecular formula is C24H25NO9. The van der Waals surface area contributed by atoms with E-state index in [4.69, 9.17) is 28.8 Å². The monoisotopic (exact) mass is 471 g/mol. The Bertz CT molecular complexity index is 1100. The molecule has 1 heterocycles. The van der Waals surface area contributed by atoms with E-state index in [1.165, 1.54) is 27.4 Å². The van der Waals surface area contributed by atoms with Crippen LogP contribution in [0.5, 0.6) is 28.7 Å². The highest BCUT2D eigenvalue weighted by Crippen LogP contribution is 2.40. The van der Waals surface area contributed by atoms with Gasteiger partial charge in [-0.1, -0.05) is 0 Å². The fourth-order valence-electron chi connectivity index (χ4n) is 3.26. The molecule has 10 heteroatoms. The summed E-state index contributed by atoms with van der Waals surface area (Å²) in [6.45, 7) is -0.0146. The number of Topliss-reactive ketones (excluding diaryl/α,β-unsaturated/α-hetero) is 1. The van der Waals surface area contributed by atoms with Crippen molar-refractivity contribution in [2.75, 3.05) is 34.5 Å². The lowest BCUT2D eigenvalue weighted by Crippen LogP contribution is -2.29. The first-order chi connectivity index (χ1) is 16.4. The number of carboxylic acid groups (broad SMARTS) is 1. The van der Waals surface area contributed by atoms with Gasteiger partial charge in [0.2, 0.25) is 11.5 Å². The first kappa shape index (κ1) is 24.4. The molecular weight excluding hydrogens is 446 g/mol. The predicted octanol–water partition coefficient (Wildman–Crippen LogP) is 2.69. The minimum absolute atomic E-state index is 0.0245. The van der Waals surface area contributed by atoms with E-state index >= 15 is 0 Å². The summed E-state index contributed by atoms with van der Waals surface area (Å²) in [5.74, 6) is 0.472. The third kappa shape index (κ3) is 5.77. The number of carbonyl (C=O) groups is 3. The van der Waals surface area contributed by atoms with Gasteiger partial charge in [-0.3, -0.25) is 14.4 Å². The Balaban J connectivity index is 1.68. The molecule has 34 heavy (non-hydrogen) atoms. The summed E-state index contributed by atoms with van der Waals surface area (Å²) in [6.07, 6.45) is 1.87. The summed E-state index contributed by atoms with van der Waals surface area (Å²) in [5.41, 5.74) is 0.978. The number of methoxy groups -OCH3 is 3. The van der Waals surface area contributed by atoms with E-state index < -0.39 is 5.97 Å². The number of fused-ring (bicyclic) bond motifs is 1. The molecule has 0 saturated heterocycles. The van der Waals surface area contributed by atoms with Crippen LogP contribution in [0.15, 0.2) is 36.1 Å². The normalized spacial score (nSPS) is 13.1. The lowest BCUT2D eigenvalue weighted by molar-refractivity contribution is -0.137. The maximum Gasteiger partial charge on any atom is 0.303 e. The third-order valence-electron chi connectivity index (χ3n) is 4.89. The number of nitrogens with one attached hydrogen (secondary N) is 1. The highest BCUT2D eigenvalue weighted by Gasteiger charge is 2.28. The van der Waals surface area contributed by atoms with Crippen molar-refractivity contribution in [3.05, 3.63) is 47.2 Å². The first-order valence-corrected chi connectivity index (χ1v) is 10.4. The van der Waals surface area contributed by atoms with Crippen LogP contribution in [-0.2, 0) is 9.59 Å². The van der Waals surface area contributed by atoms with Gasteiger partial charge in [0.15, 0.2) is 23.9 Å². The number of rotatable bonds is 11. The number of allylic oxidation sites excluding steroid dienone is 1. The zero-order valence-electron chi connectivity index (χ0n) is 19.0. The second kappa shape index (κ2) is 11.1. The van der Waals surface area contributed by atoms with Gasteiger partial charge >= 0.3 is 5.97 Å². The summed E-state index contributed by atoms with van der Waals surface area (Å²) >= 11 is 0. The van der Waals surface area contributed by atoms with Crippen LogP contribution in [-0.4, -0.2) is 57.2 Å². The lowest BCUT2D eigenvalue weighted by atomic mass is 10.1. The predicted molar refractivity (Wildman–Crippen MR) is 121 cm³/mol. The Morgan fingerprint density at radius 3 is 2.38 bits per heavy atom. The topological polar surface area (TPSA) is 130 Å². The van der Waals surface area contributed by atoms with Crippen LogP contribution >= 0.6 is 0 Å². The smallest absolute Gasteiger partial charge is 0.303 e. The minimum Gasteiger partial charge on any atom is -0.493 e. The van der Waals surface area contributed by atoms with Crippen LogP contribution in [0.1, 0.15) is 28.8 Å². The number of aliphatic carboxylic acids is 1. The molecule has 1 aliphatic heterocycles. The molecule has 10 nitrogen and oxygen atoms in total. The van der Waals surface area contributed by atoms with Gasteiger partial charge < -0.3 is 34.1 Å². The molecule has 0 fully saturated rings. The van der Waals surface area contributed by atoms with Crippen molar-refractivity contribution in [1.29, 1.82) is 0 Å². The van der Waals surface area contributed by atoms with Crippen LogP contribution in [0, 0.1) is 0 Å². The third-order valence-corrected chi connectivity index (χ3v) is 4.89. The molecule has 1 aliphatic rings. The fourth-order valence-corrected chi connectivity index (χ4v) is 3.26. The number of amides is 1. The molecule has 0 atom stereocenters. The van der Waals surface area contributed by atoms with E-state index in [0.29, 0.717) is 46.3 Å². The number of hydrogen-bond acceptors (Lipinski definition) is 8. The highest BCUT2D eigenvalue weighted by atomic mass is 16.5. The maximum atomic E-state index is 12.8. The average Bonchev–Trinajstić information content (AvgIpc) is 3.13. The van der Waals surface area contributed by atoms with Crippen LogP contribution in [0.4, 0.5) is 0 Å². The van der Waals surface area contributed by atoms with E-state index in [1.807, 2.05) is 0 Å². The number of hydrogen-bond donors (Lipinski definition) is 2. The molecule has 0 aliphatic carbocycles. The van der Waals surface area contributed by atoms with E-state index in [0.717, 1.165) is 0 Å². The molecule has 2 aromatic carbocycles. The fraction of sp³-hybridized carbons (Fsp3) is 0.292. The SMILES string of the molecule is COc1cc(/C=C2\Oc3cc(OCC(=O)NCCCC(=O)O)ccc3C2=O)cc(OC)c1OC. The van der Waals surface area contributed by atoms with Crippen molar-refractivity contribution in [2.24, 2.45) is 0 Å². The van der Waals surface area contributed by atoms with Gasteiger partial charge in [0.05, 0.1) is 26.9 Å². The van der Waals surface area contributed by atoms with Crippen molar-refractivity contribution in [3.8, 4) is 28.7 Å². The number of ether oxygens (including phenoxy) is 5. The van der Waals surface area contributed by atoms with Crippen molar-refractivity contribution in [1.82, 2.24) is 5.32 Å². The largest absolute Gasteiger partial charge is 0.493 e. The first-order valence-electron chi connectivity index (χ1n) is 10.4. The quantitative estimate of drug-likeness (QED) is 0.375. The van der Waals surface area contributed by atoms with Gasteiger partial charge in [-0.2, -0.15) is 0 Å². The van der Waals surface area contributed by atoms with Gasteiger partial charge in [-0.25, -0.2) is 0 Å². The van der Waals surface area contributed by atoms with Crippen LogP contribution < -0.4 is 29.0 Å². The lowest BCUT2D eigenvalue weighted by Gasteiger charge is -2.13. The molecule has 0 unspecified atom stereocenters. The van der Waals surface area contributed by atoms with Crippen LogP contribution in [0.2, 0.25) is 0 Å². The zero-order valence-corrected chi connectivity index (χ0v) is 19.0. The average molecular weight is 471 g/mol. The zero-order chi connectivity index (χ0) is 24.7. The molecule has 0 radical (unpaired) electrons. The van der Waals surface area contributed by atoms with E-state index in [9.17, 15) is 14.4 Å². The molecule has 0 saturated carbocycles. The summed E-state index contributed by atoms with van der Waals surface area (Å²) in [4.78, 5) is 35.1. The number of carbonyl (C=O) groups excluding carboxylic acids is 2. The Morgan fingerprint density at radius 1 is 1.06 bits per heavy atom. The Labute approximate surface area is 196 Å². The van der Waals surface area contributed by atoms with Gasteiger partial charge in [0.1, 0.15) is 11.5 Å². The molecule has 2 N–H and O–H groups in total. The van der Waals surface area contributed by atoms with Gasteiger partial charge in [-0.15, -0.1) is 0 Å². The summed E-state index contributed by atoms with van der Waals surface area (Å²) in [7, 11) is 4.50. The standard InChI is InChI=1S/C24H25NO9/c1-30-19-10-14(11-20(31-2)24(19)32-3)9-18-23(29)16-7-6-15(12-17(16)34-18)33-13-21(26)25-8-4-5-22(27)28/h6-7,9-12H,4-5,8,13H2,1-3H3,(H,25,26)(H,27,28)/b18-9-. The van der Waals surface area contributed by atoms with Crippen LogP contribution in [0.25, 0.3) is 6.08 Å². The molecule has 180 valence electrons. The van der Waals surface area contributed by atoms with Crippen molar-refractivity contribution >= 4 is 23.7 Å². The van der Waals surface area contributed by atoms with Crippen LogP contribution in [0.3, 0.4) is 0 Å². The van der Waals surface area contributed by atoms with Gasteiger partial charge in [0.25, 0.3) is 5.91 Å². The molecule has 3 rings (SSSR count). The summed E-state index contributed by atoms with van der Waals surface area (Å²) in [5, 5.41) is 11.2. The molecule has 2 aromatic rings. The van der Waals surface area contributed by atoms with Gasteiger partial charge in [-0.05, 0) is 42.3 Å².